The van der Waals surface area contributed by atoms with Crippen LogP contribution in [0, 0.1) is 0 Å². The predicted octanol–water partition coefficient (Wildman–Crippen LogP) is 4.51. The normalized spacial score (nSPS) is 15.3. The highest BCUT2D eigenvalue weighted by Crippen LogP contribution is 2.25. The summed E-state index contributed by atoms with van der Waals surface area (Å²) in [6.45, 7) is 3.26. The van der Waals surface area contributed by atoms with Crippen molar-refractivity contribution in [2.75, 3.05) is 26.7 Å². The van der Waals surface area contributed by atoms with Crippen molar-refractivity contribution in [1.82, 2.24) is 9.88 Å². The van der Waals surface area contributed by atoms with Crippen LogP contribution in [-0.2, 0) is 6.42 Å². The van der Waals surface area contributed by atoms with E-state index in [1.54, 1.807) is 7.11 Å². The molecule has 0 spiro atoms. The first-order chi connectivity index (χ1) is 12.3. The van der Waals surface area contributed by atoms with E-state index in [-0.39, 0.29) is 0 Å². The van der Waals surface area contributed by atoms with Crippen LogP contribution in [0.5, 0.6) is 5.75 Å². The molecular formula is C22H24N2O. The summed E-state index contributed by atoms with van der Waals surface area (Å²) in [4.78, 5) is 5.90. The second kappa shape index (κ2) is 7.16. The summed E-state index contributed by atoms with van der Waals surface area (Å²) < 4.78 is 5.36. The number of rotatable bonds is 5. The van der Waals surface area contributed by atoms with Crippen LogP contribution >= 0.6 is 0 Å². The number of hydrogen-bond acceptors (Lipinski definition) is 2. The lowest BCUT2D eigenvalue weighted by Crippen LogP contribution is -2.30. The molecule has 1 aromatic heterocycles. The molecular weight excluding hydrogens is 308 g/mol. The van der Waals surface area contributed by atoms with Crippen molar-refractivity contribution in [3.8, 4) is 5.75 Å². The van der Waals surface area contributed by atoms with Crippen LogP contribution in [0.25, 0.3) is 16.5 Å². The van der Waals surface area contributed by atoms with Gasteiger partial charge in [-0.3, -0.25) is 4.90 Å². The summed E-state index contributed by atoms with van der Waals surface area (Å²) in [5.41, 5.74) is 5.40. The molecule has 1 aliphatic rings. The van der Waals surface area contributed by atoms with E-state index >= 15 is 0 Å². The number of benzene rings is 2. The second-order valence-corrected chi connectivity index (χ2v) is 6.62. The highest BCUT2D eigenvalue weighted by molar-refractivity contribution is 5.84. The first-order valence-electron chi connectivity index (χ1n) is 8.94. The summed E-state index contributed by atoms with van der Waals surface area (Å²) in [6.07, 6.45) is 6.71. The van der Waals surface area contributed by atoms with Gasteiger partial charge in [-0.25, -0.2) is 0 Å². The average molecular weight is 332 g/mol. The van der Waals surface area contributed by atoms with E-state index in [1.807, 2.05) is 6.07 Å². The molecule has 0 saturated heterocycles. The van der Waals surface area contributed by atoms with Gasteiger partial charge in [0.25, 0.3) is 0 Å². The van der Waals surface area contributed by atoms with Crippen LogP contribution in [0.15, 0.2) is 60.8 Å². The molecule has 3 heteroatoms. The highest BCUT2D eigenvalue weighted by Gasteiger charge is 2.13. The van der Waals surface area contributed by atoms with Crippen LogP contribution in [0.3, 0.4) is 0 Å². The van der Waals surface area contributed by atoms with Crippen LogP contribution < -0.4 is 4.74 Å². The first kappa shape index (κ1) is 16.0. The number of nitrogens with zero attached hydrogens (tertiary/aromatic N) is 1. The van der Waals surface area contributed by atoms with Crippen molar-refractivity contribution in [2.24, 2.45) is 0 Å². The number of ether oxygens (including phenoxy) is 1. The Morgan fingerprint density at radius 2 is 2.00 bits per heavy atom. The van der Waals surface area contributed by atoms with Gasteiger partial charge in [0.05, 0.1) is 7.11 Å². The maximum absolute atomic E-state index is 5.36. The number of nitrogens with one attached hydrogen (secondary N) is 1. The fraction of sp³-hybridized carbons (Fsp3) is 0.273. The highest BCUT2D eigenvalue weighted by atomic mass is 16.5. The summed E-state index contributed by atoms with van der Waals surface area (Å²) >= 11 is 0. The van der Waals surface area contributed by atoms with Gasteiger partial charge in [0.2, 0.25) is 0 Å². The monoisotopic (exact) mass is 332 g/mol. The van der Waals surface area contributed by atoms with Gasteiger partial charge < -0.3 is 9.72 Å². The molecule has 128 valence electrons. The predicted molar refractivity (Wildman–Crippen MR) is 104 cm³/mol. The van der Waals surface area contributed by atoms with Gasteiger partial charge in [0.15, 0.2) is 0 Å². The molecule has 2 heterocycles. The van der Waals surface area contributed by atoms with Crippen molar-refractivity contribution < 1.29 is 4.74 Å². The maximum Gasteiger partial charge on any atom is 0.119 e. The smallest absolute Gasteiger partial charge is 0.119 e. The minimum Gasteiger partial charge on any atom is -0.497 e. The van der Waals surface area contributed by atoms with Gasteiger partial charge in [-0.05, 0) is 47.7 Å². The van der Waals surface area contributed by atoms with Crippen LogP contribution in [-0.4, -0.2) is 36.6 Å². The van der Waals surface area contributed by atoms with Crippen LogP contribution in [0.1, 0.15) is 17.5 Å². The van der Waals surface area contributed by atoms with Gasteiger partial charge in [-0.2, -0.15) is 0 Å². The number of hydrogen-bond donors (Lipinski definition) is 1. The molecule has 25 heavy (non-hydrogen) atoms. The number of H-pyrrole nitrogens is 1. The van der Waals surface area contributed by atoms with E-state index in [0.717, 1.165) is 38.2 Å². The fourth-order valence-corrected chi connectivity index (χ4v) is 3.60. The molecule has 1 aliphatic heterocycles. The van der Waals surface area contributed by atoms with Crippen molar-refractivity contribution in [3.63, 3.8) is 0 Å². The molecule has 0 unspecified atom stereocenters. The van der Waals surface area contributed by atoms with E-state index in [1.165, 1.54) is 27.6 Å². The van der Waals surface area contributed by atoms with Gasteiger partial charge in [0.1, 0.15) is 5.75 Å². The lowest BCUT2D eigenvalue weighted by atomic mass is 9.99. The lowest BCUT2D eigenvalue weighted by molar-refractivity contribution is 0.306. The maximum atomic E-state index is 5.36. The van der Waals surface area contributed by atoms with E-state index in [0.29, 0.717) is 0 Å². The number of methoxy groups -OCH3 is 1. The van der Waals surface area contributed by atoms with Gasteiger partial charge in [0, 0.05) is 36.7 Å². The van der Waals surface area contributed by atoms with E-state index in [2.05, 4.69) is 64.6 Å². The average Bonchev–Trinajstić information content (AvgIpc) is 3.09. The van der Waals surface area contributed by atoms with Crippen LogP contribution in [0.4, 0.5) is 0 Å². The molecule has 0 amide bonds. The van der Waals surface area contributed by atoms with Crippen LogP contribution in [0.2, 0.25) is 0 Å². The quantitative estimate of drug-likeness (QED) is 0.745. The third-order valence-electron chi connectivity index (χ3n) is 5.11. The summed E-state index contributed by atoms with van der Waals surface area (Å²) in [7, 11) is 1.72. The number of fused-ring (bicyclic) bond motifs is 1. The zero-order valence-electron chi connectivity index (χ0n) is 14.7. The van der Waals surface area contributed by atoms with Crippen molar-refractivity contribution in [1.29, 1.82) is 0 Å². The number of aromatic amines is 1. The molecule has 3 aromatic rings. The van der Waals surface area contributed by atoms with Gasteiger partial charge in [-0.1, -0.05) is 36.4 Å². The first-order valence-corrected chi connectivity index (χ1v) is 8.94. The Bertz CT molecular complexity index is 879. The van der Waals surface area contributed by atoms with Crippen molar-refractivity contribution in [2.45, 2.75) is 12.8 Å². The molecule has 3 nitrogen and oxygen atoms in total. The summed E-state index contributed by atoms with van der Waals surface area (Å²) in [5, 5.41) is 1.27. The minimum atomic E-state index is 0.918. The third kappa shape index (κ3) is 3.47. The standard InChI is InChI=1S/C22H24N2O/c1-25-20-7-8-22-21(15-20)19(16-23-22)11-14-24-12-9-18(10-13-24)17-5-3-2-4-6-17/h2-9,15-16,23H,10-14H2,1H3. The Morgan fingerprint density at radius 3 is 2.76 bits per heavy atom. The molecule has 0 radical (unpaired) electrons. The molecule has 0 atom stereocenters. The molecule has 1 N–H and O–H groups in total. The Kier molecular flexibility index (Phi) is 4.57. The summed E-state index contributed by atoms with van der Waals surface area (Å²) in [6, 6.07) is 17.0. The van der Waals surface area contributed by atoms with E-state index in [9.17, 15) is 0 Å². The number of aromatic nitrogens is 1. The Balaban J connectivity index is 1.40. The van der Waals surface area contributed by atoms with E-state index < -0.39 is 0 Å². The van der Waals surface area contributed by atoms with Crippen molar-refractivity contribution >= 4 is 16.5 Å². The van der Waals surface area contributed by atoms with Crippen molar-refractivity contribution in [3.05, 3.63) is 71.9 Å². The molecule has 2 aromatic carbocycles. The molecule has 4 rings (SSSR count). The molecule has 0 fully saturated rings. The Hall–Kier alpha value is -2.52. The topological polar surface area (TPSA) is 28.3 Å². The molecule has 0 saturated carbocycles. The largest absolute Gasteiger partial charge is 0.497 e. The summed E-state index contributed by atoms with van der Waals surface area (Å²) in [5.74, 6) is 0.918. The molecule has 0 bridgehead atoms. The zero-order valence-corrected chi connectivity index (χ0v) is 14.7. The minimum absolute atomic E-state index is 0.918. The SMILES string of the molecule is COc1ccc2[nH]cc(CCN3CC=C(c4ccccc4)CC3)c2c1. The lowest BCUT2D eigenvalue weighted by Gasteiger charge is -2.26. The second-order valence-electron chi connectivity index (χ2n) is 6.62. The third-order valence-corrected chi connectivity index (χ3v) is 5.11. The zero-order chi connectivity index (χ0) is 17.1. The van der Waals surface area contributed by atoms with Gasteiger partial charge in [-0.15, -0.1) is 0 Å². The van der Waals surface area contributed by atoms with E-state index in [4.69, 9.17) is 4.74 Å². The Labute approximate surface area is 148 Å². The van der Waals surface area contributed by atoms with Gasteiger partial charge >= 0.3 is 0 Å². The molecule has 0 aliphatic carbocycles. The Morgan fingerprint density at radius 1 is 1.12 bits per heavy atom. The fourth-order valence-electron chi connectivity index (χ4n) is 3.60.